The first kappa shape index (κ1) is 20.1. The predicted octanol–water partition coefficient (Wildman–Crippen LogP) is 4.19. The van der Waals surface area contributed by atoms with Crippen LogP contribution < -0.4 is 10.6 Å². The molecule has 1 fully saturated rings. The van der Waals surface area contributed by atoms with E-state index in [1.807, 2.05) is 41.3 Å². The van der Waals surface area contributed by atoms with Crippen molar-refractivity contribution in [3.63, 3.8) is 0 Å². The van der Waals surface area contributed by atoms with Gasteiger partial charge >= 0.3 is 0 Å². The van der Waals surface area contributed by atoms with Crippen molar-refractivity contribution in [3.8, 4) is 0 Å². The highest BCUT2D eigenvalue weighted by Crippen LogP contribution is 2.41. The van der Waals surface area contributed by atoms with Crippen molar-refractivity contribution in [2.45, 2.75) is 18.4 Å². The Labute approximate surface area is 179 Å². The quantitative estimate of drug-likeness (QED) is 0.631. The van der Waals surface area contributed by atoms with Gasteiger partial charge in [-0.15, -0.1) is 0 Å². The van der Waals surface area contributed by atoms with E-state index >= 15 is 0 Å². The highest BCUT2D eigenvalue weighted by molar-refractivity contribution is 6.36. The molecule has 0 radical (unpaired) electrons. The van der Waals surface area contributed by atoms with Gasteiger partial charge in [0.15, 0.2) is 12.0 Å². The Bertz CT molecular complexity index is 961. The number of rotatable bonds is 6. The van der Waals surface area contributed by atoms with E-state index in [-0.39, 0.29) is 13.2 Å². The molecule has 6 nitrogen and oxygen atoms in total. The monoisotopic (exact) mass is 430 g/mol. The number of ether oxygens (including phenoxy) is 2. The van der Waals surface area contributed by atoms with Crippen LogP contribution in [0.2, 0.25) is 10.0 Å². The van der Waals surface area contributed by atoms with Crippen LogP contribution >= 0.6 is 23.2 Å². The first-order valence-electron chi connectivity index (χ1n) is 9.16. The lowest BCUT2D eigenvalue weighted by molar-refractivity contribution is -0.0827. The van der Waals surface area contributed by atoms with Crippen LogP contribution in [0.1, 0.15) is 5.56 Å². The van der Waals surface area contributed by atoms with E-state index in [2.05, 4.69) is 9.97 Å². The first-order valence-corrected chi connectivity index (χ1v) is 9.92. The standard InChI is InChI=1S/C21H20Cl2N4O2/c22-16-6-7-18(17(23)11-16)27(19-8-9-25-14-26-19)21(12-24)13-28-20(29-21)10-15-4-2-1-3-5-15/h1-9,11,14,20H,10,12-13,24H2. The molecule has 0 saturated carbocycles. The molecule has 1 aliphatic rings. The molecule has 8 heteroatoms. The Morgan fingerprint density at radius 2 is 1.97 bits per heavy atom. The van der Waals surface area contributed by atoms with Crippen molar-refractivity contribution in [1.29, 1.82) is 0 Å². The van der Waals surface area contributed by atoms with Gasteiger partial charge in [-0.2, -0.15) is 0 Å². The summed E-state index contributed by atoms with van der Waals surface area (Å²) in [5.41, 5.74) is 7.02. The summed E-state index contributed by atoms with van der Waals surface area (Å²) >= 11 is 12.6. The summed E-state index contributed by atoms with van der Waals surface area (Å²) in [5.74, 6) is 0.596. The maximum atomic E-state index is 6.53. The third-order valence-corrected chi connectivity index (χ3v) is 5.30. The molecule has 2 heterocycles. The topological polar surface area (TPSA) is 73.5 Å². The van der Waals surface area contributed by atoms with Gasteiger partial charge in [-0.25, -0.2) is 9.97 Å². The fraction of sp³-hybridized carbons (Fsp3) is 0.238. The summed E-state index contributed by atoms with van der Waals surface area (Å²) in [7, 11) is 0. The second kappa shape index (κ2) is 8.65. The molecule has 0 aliphatic carbocycles. The fourth-order valence-electron chi connectivity index (χ4n) is 3.39. The van der Waals surface area contributed by atoms with Crippen molar-refractivity contribution in [3.05, 3.63) is 82.7 Å². The van der Waals surface area contributed by atoms with Crippen LogP contribution in [-0.2, 0) is 15.9 Å². The second-order valence-electron chi connectivity index (χ2n) is 6.70. The minimum absolute atomic E-state index is 0.168. The van der Waals surface area contributed by atoms with Crippen LogP contribution in [-0.4, -0.2) is 35.1 Å². The van der Waals surface area contributed by atoms with Crippen molar-refractivity contribution in [2.24, 2.45) is 5.73 Å². The van der Waals surface area contributed by atoms with E-state index in [1.54, 1.807) is 24.4 Å². The van der Waals surface area contributed by atoms with Crippen LogP contribution in [0.4, 0.5) is 11.5 Å². The summed E-state index contributed by atoms with van der Waals surface area (Å²) in [6.45, 7) is 0.422. The number of nitrogens with two attached hydrogens (primary N) is 1. The zero-order chi connectivity index (χ0) is 20.3. The van der Waals surface area contributed by atoms with Crippen LogP contribution in [0.3, 0.4) is 0 Å². The number of nitrogens with zero attached hydrogens (tertiary/aromatic N) is 3. The van der Waals surface area contributed by atoms with Crippen LogP contribution in [0.15, 0.2) is 67.1 Å². The molecule has 0 bridgehead atoms. The van der Waals surface area contributed by atoms with Crippen molar-refractivity contribution < 1.29 is 9.47 Å². The summed E-state index contributed by atoms with van der Waals surface area (Å²) in [5, 5.41) is 0.993. The Balaban J connectivity index is 1.70. The highest BCUT2D eigenvalue weighted by atomic mass is 35.5. The molecular formula is C21H20Cl2N4O2. The first-order chi connectivity index (χ1) is 14.1. The zero-order valence-corrected chi connectivity index (χ0v) is 17.1. The third-order valence-electron chi connectivity index (χ3n) is 4.76. The predicted molar refractivity (Wildman–Crippen MR) is 113 cm³/mol. The largest absolute Gasteiger partial charge is 0.347 e. The molecule has 29 heavy (non-hydrogen) atoms. The Morgan fingerprint density at radius 3 is 2.66 bits per heavy atom. The molecule has 4 rings (SSSR count). The van der Waals surface area contributed by atoms with Gasteiger partial charge in [0.1, 0.15) is 12.1 Å². The van der Waals surface area contributed by atoms with E-state index < -0.39 is 12.0 Å². The number of hydrogen-bond donors (Lipinski definition) is 1. The van der Waals surface area contributed by atoms with Crippen molar-refractivity contribution in [2.75, 3.05) is 18.1 Å². The highest BCUT2D eigenvalue weighted by Gasteiger charge is 2.47. The zero-order valence-electron chi connectivity index (χ0n) is 15.5. The van der Waals surface area contributed by atoms with Crippen LogP contribution in [0, 0.1) is 0 Å². The van der Waals surface area contributed by atoms with Gasteiger partial charge < -0.3 is 15.2 Å². The average Bonchev–Trinajstić information content (AvgIpc) is 3.15. The minimum Gasteiger partial charge on any atom is -0.347 e. The molecule has 2 aromatic carbocycles. The lowest BCUT2D eigenvalue weighted by Gasteiger charge is -2.39. The van der Waals surface area contributed by atoms with E-state index in [1.165, 1.54) is 6.33 Å². The Hall–Kier alpha value is -2.22. The van der Waals surface area contributed by atoms with E-state index in [0.717, 1.165) is 5.56 Å². The lowest BCUT2D eigenvalue weighted by atomic mass is 10.1. The number of halogens is 2. The molecule has 2 N–H and O–H groups in total. The molecule has 2 atom stereocenters. The Kier molecular flexibility index (Phi) is 5.99. The van der Waals surface area contributed by atoms with E-state index in [0.29, 0.717) is 28.0 Å². The summed E-state index contributed by atoms with van der Waals surface area (Å²) < 4.78 is 12.4. The van der Waals surface area contributed by atoms with E-state index in [9.17, 15) is 0 Å². The number of anilines is 2. The molecule has 2 unspecified atom stereocenters. The smallest absolute Gasteiger partial charge is 0.185 e. The van der Waals surface area contributed by atoms with Crippen molar-refractivity contribution in [1.82, 2.24) is 9.97 Å². The SMILES string of the molecule is NCC1(N(c2ccncn2)c2ccc(Cl)cc2Cl)COC(Cc2ccccc2)O1. The maximum absolute atomic E-state index is 6.53. The summed E-state index contributed by atoms with van der Waals surface area (Å²) in [6, 6.07) is 17.0. The summed E-state index contributed by atoms with van der Waals surface area (Å²) in [6.07, 6.45) is 3.28. The molecule has 3 aromatic rings. The van der Waals surface area contributed by atoms with Gasteiger partial charge in [0.05, 0.1) is 17.3 Å². The number of hydrogen-bond acceptors (Lipinski definition) is 6. The summed E-state index contributed by atoms with van der Waals surface area (Å²) in [4.78, 5) is 10.3. The number of benzene rings is 2. The van der Waals surface area contributed by atoms with Gasteiger partial charge in [0, 0.05) is 24.2 Å². The average molecular weight is 431 g/mol. The normalized spacial score (nSPS) is 21.3. The van der Waals surface area contributed by atoms with Gasteiger partial charge in [-0.05, 0) is 29.8 Å². The lowest BCUT2D eigenvalue weighted by Crippen LogP contribution is -2.54. The van der Waals surface area contributed by atoms with Gasteiger partial charge in [-0.1, -0.05) is 53.5 Å². The van der Waals surface area contributed by atoms with Gasteiger partial charge in [0.25, 0.3) is 0 Å². The van der Waals surface area contributed by atoms with Gasteiger partial charge in [0.2, 0.25) is 0 Å². The van der Waals surface area contributed by atoms with Crippen molar-refractivity contribution >= 4 is 34.7 Å². The molecule has 150 valence electrons. The Morgan fingerprint density at radius 1 is 1.14 bits per heavy atom. The fourth-order valence-corrected chi connectivity index (χ4v) is 3.88. The molecule has 1 aromatic heterocycles. The second-order valence-corrected chi connectivity index (χ2v) is 7.54. The minimum atomic E-state index is -0.981. The number of aromatic nitrogens is 2. The molecule has 0 spiro atoms. The van der Waals surface area contributed by atoms with Crippen LogP contribution in [0.25, 0.3) is 0 Å². The van der Waals surface area contributed by atoms with Gasteiger partial charge in [-0.3, -0.25) is 4.90 Å². The van der Waals surface area contributed by atoms with Crippen LogP contribution in [0.5, 0.6) is 0 Å². The molecule has 0 amide bonds. The third kappa shape index (κ3) is 4.22. The maximum Gasteiger partial charge on any atom is 0.185 e. The molecule has 1 aliphatic heterocycles. The molecular weight excluding hydrogens is 411 g/mol. The molecule has 1 saturated heterocycles. The van der Waals surface area contributed by atoms with E-state index in [4.69, 9.17) is 38.4 Å².